The molecule has 2 N–H and O–H groups in total. The average molecular weight is 671 g/mol. The molecule has 6 rings (SSSR count). The number of nitriles is 2. The van der Waals surface area contributed by atoms with Crippen LogP contribution in [0.4, 0.5) is 22.7 Å². The molecule has 0 fully saturated rings. The minimum Gasteiger partial charge on any atom is -0.477 e. The van der Waals surface area contributed by atoms with Crippen LogP contribution in [0.3, 0.4) is 0 Å². The van der Waals surface area contributed by atoms with Crippen molar-refractivity contribution in [2.45, 2.75) is 45.3 Å². The van der Waals surface area contributed by atoms with E-state index in [-0.39, 0.29) is 11.1 Å². The molecule has 0 aromatic heterocycles. The number of rotatable bonds is 11. The highest BCUT2D eigenvalue weighted by molar-refractivity contribution is 8.00. The predicted molar refractivity (Wildman–Crippen MR) is 189 cm³/mol. The standard InChI is InChI=1S/C38H30N4O4S2/c39-23-27(37(43)44)19-25-13-15-31-35(21-25)47-33-11-5-3-9-29(33)41(31)17-7-1-2-8-18-42-30-10-4-6-12-34(30)48-36-22-26(14-16-32(36)42)20-28(24-40)38(45)46/h3-6,9-16,19-22H,1-2,7-8,17-18H2,(H,43,44)(H,45,46)/b27-19-,28-20-. The fraction of sp³-hybridized carbons (Fsp3) is 0.158. The van der Waals surface area contributed by atoms with Crippen LogP contribution in [0.1, 0.15) is 36.8 Å². The smallest absolute Gasteiger partial charge is 0.346 e. The van der Waals surface area contributed by atoms with E-state index in [2.05, 4.69) is 34.1 Å². The zero-order chi connectivity index (χ0) is 33.6. The molecule has 0 bridgehead atoms. The van der Waals surface area contributed by atoms with Crippen molar-refractivity contribution in [2.75, 3.05) is 22.9 Å². The van der Waals surface area contributed by atoms with E-state index >= 15 is 0 Å². The zero-order valence-electron chi connectivity index (χ0n) is 25.8. The van der Waals surface area contributed by atoms with E-state index in [9.17, 15) is 30.3 Å². The van der Waals surface area contributed by atoms with Gasteiger partial charge in [0, 0.05) is 32.7 Å². The minimum atomic E-state index is -1.24. The van der Waals surface area contributed by atoms with Crippen LogP contribution in [-0.2, 0) is 9.59 Å². The molecular formula is C38H30N4O4S2. The molecule has 0 unspecified atom stereocenters. The summed E-state index contributed by atoms with van der Waals surface area (Å²) >= 11 is 3.30. The Morgan fingerprint density at radius 3 is 1.38 bits per heavy atom. The van der Waals surface area contributed by atoms with Gasteiger partial charge in [-0.1, -0.05) is 72.8 Å². The van der Waals surface area contributed by atoms with Crippen molar-refractivity contribution < 1.29 is 19.8 Å². The average Bonchev–Trinajstić information content (AvgIpc) is 3.09. The molecule has 2 aliphatic heterocycles. The number of anilines is 4. The summed E-state index contributed by atoms with van der Waals surface area (Å²) in [6.45, 7) is 1.67. The van der Waals surface area contributed by atoms with Crippen LogP contribution in [0.25, 0.3) is 12.2 Å². The van der Waals surface area contributed by atoms with Crippen LogP contribution >= 0.6 is 23.5 Å². The second-order valence-corrected chi connectivity index (χ2v) is 13.4. The molecule has 10 heteroatoms. The summed E-state index contributed by atoms with van der Waals surface area (Å²) in [4.78, 5) is 31.7. The largest absolute Gasteiger partial charge is 0.477 e. The lowest BCUT2D eigenvalue weighted by Gasteiger charge is -2.33. The number of carboxylic acid groups (broad SMARTS) is 2. The molecule has 0 aliphatic carbocycles. The van der Waals surface area contributed by atoms with Crippen molar-refractivity contribution in [3.8, 4) is 12.1 Å². The van der Waals surface area contributed by atoms with Crippen LogP contribution in [0.5, 0.6) is 0 Å². The molecule has 4 aromatic rings. The molecule has 0 saturated heterocycles. The van der Waals surface area contributed by atoms with Crippen LogP contribution in [-0.4, -0.2) is 35.2 Å². The first-order valence-corrected chi connectivity index (χ1v) is 17.1. The molecule has 0 saturated carbocycles. The van der Waals surface area contributed by atoms with Crippen LogP contribution in [0.15, 0.2) is 116 Å². The van der Waals surface area contributed by atoms with Gasteiger partial charge < -0.3 is 20.0 Å². The number of unbranched alkanes of at least 4 members (excludes halogenated alkanes) is 3. The van der Waals surface area contributed by atoms with Gasteiger partial charge in [-0.25, -0.2) is 9.59 Å². The summed E-state index contributed by atoms with van der Waals surface area (Å²) in [5.41, 5.74) is 5.22. The molecule has 0 atom stereocenters. The van der Waals surface area contributed by atoms with Crippen molar-refractivity contribution in [3.05, 3.63) is 107 Å². The van der Waals surface area contributed by atoms with E-state index in [0.717, 1.165) is 81.1 Å². The number of carboxylic acids is 2. The van der Waals surface area contributed by atoms with Gasteiger partial charge in [0.1, 0.15) is 23.3 Å². The molecule has 2 aliphatic rings. The summed E-state index contributed by atoms with van der Waals surface area (Å²) in [5.74, 6) is -2.48. The van der Waals surface area contributed by atoms with Gasteiger partial charge in [-0.2, -0.15) is 10.5 Å². The Hall–Kier alpha value is -5.42. The minimum absolute atomic E-state index is 0.296. The van der Waals surface area contributed by atoms with E-state index in [1.54, 1.807) is 35.7 Å². The molecule has 0 spiro atoms. The maximum Gasteiger partial charge on any atom is 0.346 e. The van der Waals surface area contributed by atoms with Crippen molar-refractivity contribution in [1.29, 1.82) is 10.5 Å². The molecule has 2 heterocycles. The Bertz CT molecular complexity index is 1910. The second-order valence-electron chi connectivity index (χ2n) is 11.3. The SMILES string of the molecule is N#C/C(=C/c1ccc2c(c1)Sc1ccccc1N2CCCCCCN1c2ccccc2Sc2cc(/C=C(/C#N)C(=O)O)ccc21)C(=O)O. The van der Waals surface area contributed by atoms with Crippen LogP contribution in [0.2, 0.25) is 0 Å². The van der Waals surface area contributed by atoms with Crippen LogP contribution < -0.4 is 9.80 Å². The summed E-state index contributed by atoms with van der Waals surface area (Å²) in [5, 5.41) is 37.0. The fourth-order valence-corrected chi connectivity index (χ4v) is 8.16. The highest BCUT2D eigenvalue weighted by Crippen LogP contribution is 2.50. The Labute approximate surface area is 287 Å². The Morgan fingerprint density at radius 1 is 0.583 bits per heavy atom. The number of hydrogen-bond donors (Lipinski definition) is 2. The van der Waals surface area contributed by atoms with Gasteiger partial charge in [0.2, 0.25) is 0 Å². The van der Waals surface area contributed by atoms with Crippen molar-refractivity contribution in [3.63, 3.8) is 0 Å². The topological polar surface area (TPSA) is 129 Å². The molecular weight excluding hydrogens is 641 g/mol. The van der Waals surface area contributed by atoms with Gasteiger partial charge in [-0.05, 0) is 84.7 Å². The van der Waals surface area contributed by atoms with E-state index < -0.39 is 11.9 Å². The van der Waals surface area contributed by atoms with Gasteiger partial charge in [0.15, 0.2) is 0 Å². The third-order valence-electron chi connectivity index (χ3n) is 8.14. The lowest BCUT2D eigenvalue weighted by molar-refractivity contribution is -0.133. The molecule has 8 nitrogen and oxygen atoms in total. The summed E-state index contributed by atoms with van der Waals surface area (Å²) in [7, 11) is 0. The zero-order valence-corrected chi connectivity index (χ0v) is 27.4. The maximum atomic E-state index is 11.4. The Kier molecular flexibility index (Phi) is 9.86. The monoisotopic (exact) mass is 670 g/mol. The van der Waals surface area contributed by atoms with E-state index in [1.807, 2.05) is 60.7 Å². The molecule has 0 amide bonds. The molecule has 238 valence electrons. The highest BCUT2D eigenvalue weighted by Gasteiger charge is 2.25. The number of carbonyl (C=O) groups is 2. The van der Waals surface area contributed by atoms with E-state index in [1.165, 1.54) is 12.2 Å². The summed E-state index contributed by atoms with van der Waals surface area (Å²) in [6, 6.07) is 31.7. The van der Waals surface area contributed by atoms with Crippen LogP contribution in [0, 0.1) is 22.7 Å². The predicted octanol–water partition coefficient (Wildman–Crippen LogP) is 9.14. The number of aliphatic carboxylic acids is 2. The van der Waals surface area contributed by atoms with Gasteiger partial charge in [-0.15, -0.1) is 0 Å². The first-order valence-electron chi connectivity index (χ1n) is 15.4. The number of hydrogen-bond acceptors (Lipinski definition) is 8. The first kappa shape index (κ1) is 32.5. The van der Waals surface area contributed by atoms with Gasteiger partial charge in [0.05, 0.1) is 22.7 Å². The maximum absolute atomic E-state index is 11.4. The highest BCUT2D eigenvalue weighted by atomic mass is 32.2. The Balaban J connectivity index is 1.12. The van der Waals surface area contributed by atoms with Crippen molar-refractivity contribution in [2.24, 2.45) is 0 Å². The van der Waals surface area contributed by atoms with Gasteiger partial charge in [0.25, 0.3) is 0 Å². The summed E-state index contributed by atoms with van der Waals surface area (Å²) < 4.78 is 0. The van der Waals surface area contributed by atoms with Crippen molar-refractivity contribution in [1.82, 2.24) is 0 Å². The quantitative estimate of drug-likeness (QED) is 0.0905. The van der Waals surface area contributed by atoms with E-state index in [0.29, 0.717) is 11.1 Å². The number of benzene rings is 4. The van der Waals surface area contributed by atoms with Crippen molar-refractivity contribution >= 4 is 70.4 Å². The second kappa shape index (κ2) is 14.6. The number of para-hydroxylation sites is 2. The lowest BCUT2D eigenvalue weighted by Crippen LogP contribution is -2.23. The normalized spacial score (nSPS) is 13.4. The Morgan fingerprint density at radius 2 is 0.979 bits per heavy atom. The summed E-state index contributed by atoms with van der Waals surface area (Å²) in [6.07, 6.45) is 6.87. The first-order chi connectivity index (χ1) is 23.4. The van der Waals surface area contributed by atoms with E-state index in [4.69, 9.17) is 0 Å². The molecule has 4 aromatic carbocycles. The number of nitrogens with zero attached hydrogens (tertiary/aromatic N) is 4. The third kappa shape index (κ3) is 6.96. The lowest BCUT2D eigenvalue weighted by atomic mass is 10.1. The fourth-order valence-electron chi connectivity index (χ4n) is 5.87. The molecule has 0 radical (unpaired) electrons. The van der Waals surface area contributed by atoms with Gasteiger partial charge >= 0.3 is 11.9 Å². The number of fused-ring (bicyclic) bond motifs is 4. The third-order valence-corrected chi connectivity index (χ3v) is 10.4. The molecule has 48 heavy (non-hydrogen) atoms. The van der Waals surface area contributed by atoms with Gasteiger partial charge in [-0.3, -0.25) is 0 Å².